The van der Waals surface area contributed by atoms with E-state index in [2.05, 4.69) is 15.6 Å². The third-order valence-electron chi connectivity index (χ3n) is 2.40. The fraction of sp³-hybridized carbons (Fsp3) is 0.538. The monoisotopic (exact) mass is 394 g/mol. The number of rotatable bonds is 5. The van der Waals surface area contributed by atoms with E-state index in [-0.39, 0.29) is 42.5 Å². The maximum Gasteiger partial charge on any atom is 0.239 e. The lowest BCUT2D eigenvalue weighted by atomic mass is 10.4. The molecule has 1 amide bonds. The molecule has 1 rings (SSSR count). The molecule has 7 heteroatoms. The van der Waals surface area contributed by atoms with Crippen LogP contribution in [0.25, 0.3) is 0 Å². The van der Waals surface area contributed by atoms with Crippen molar-refractivity contribution in [2.75, 3.05) is 20.6 Å². The zero-order valence-corrected chi connectivity index (χ0v) is 14.7. The summed E-state index contributed by atoms with van der Waals surface area (Å²) >= 11 is 0. The highest BCUT2D eigenvalue weighted by molar-refractivity contribution is 14.0. The van der Waals surface area contributed by atoms with Gasteiger partial charge in [0.1, 0.15) is 5.76 Å². The second kappa shape index (κ2) is 9.62. The lowest BCUT2D eigenvalue weighted by molar-refractivity contribution is -0.120. The molecule has 0 aromatic carbocycles. The van der Waals surface area contributed by atoms with Crippen LogP contribution >= 0.6 is 24.0 Å². The molecule has 0 aliphatic rings. The van der Waals surface area contributed by atoms with Gasteiger partial charge in [-0.2, -0.15) is 0 Å². The van der Waals surface area contributed by atoms with Crippen molar-refractivity contribution in [2.24, 2.45) is 4.99 Å². The minimum atomic E-state index is -0.0532. The zero-order valence-electron chi connectivity index (χ0n) is 12.3. The lowest BCUT2D eigenvalue weighted by Crippen LogP contribution is -2.44. The van der Waals surface area contributed by atoms with Crippen molar-refractivity contribution in [3.05, 3.63) is 24.2 Å². The van der Waals surface area contributed by atoms with Crippen molar-refractivity contribution >= 4 is 35.8 Å². The highest BCUT2D eigenvalue weighted by Crippen LogP contribution is 2.03. The molecule has 0 aliphatic heterocycles. The van der Waals surface area contributed by atoms with Crippen LogP contribution in [0.15, 0.2) is 27.8 Å². The number of carbonyl (C=O) groups is 1. The normalized spacial score (nSPS) is 10.9. The Morgan fingerprint density at radius 1 is 1.50 bits per heavy atom. The maximum atomic E-state index is 11.5. The SMILES string of the molecule is CN=C(NCC(=O)NC(C)C)N(C)Cc1ccco1.I. The summed E-state index contributed by atoms with van der Waals surface area (Å²) in [6, 6.07) is 3.88. The van der Waals surface area contributed by atoms with E-state index >= 15 is 0 Å². The maximum absolute atomic E-state index is 11.5. The Bertz CT molecular complexity index is 418. The summed E-state index contributed by atoms with van der Waals surface area (Å²) in [5, 5.41) is 5.82. The zero-order chi connectivity index (χ0) is 14.3. The number of amides is 1. The third kappa shape index (κ3) is 6.78. The Morgan fingerprint density at radius 3 is 2.70 bits per heavy atom. The summed E-state index contributed by atoms with van der Waals surface area (Å²) in [7, 11) is 3.57. The van der Waals surface area contributed by atoms with Gasteiger partial charge < -0.3 is 20.0 Å². The molecule has 0 unspecified atom stereocenters. The molecule has 6 nitrogen and oxygen atoms in total. The molecule has 0 bridgehead atoms. The van der Waals surface area contributed by atoms with Crippen LogP contribution in [-0.4, -0.2) is 43.4 Å². The van der Waals surface area contributed by atoms with Crippen LogP contribution in [0.1, 0.15) is 19.6 Å². The third-order valence-corrected chi connectivity index (χ3v) is 2.40. The first-order valence-electron chi connectivity index (χ1n) is 6.26. The van der Waals surface area contributed by atoms with Crippen LogP contribution in [0, 0.1) is 0 Å². The van der Waals surface area contributed by atoms with Gasteiger partial charge in [-0.05, 0) is 26.0 Å². The Morgan fingerprint density at radius 2 is 2.20 bits per heavy atom. The van der Waals surface area contributed by atoms with Gasteiger partial charge in [0.2, 0.25) is 5.91 Å². The van der Waals surface area contributed by atoms with Gasteiger partial charge in [-0.3, -0.25) is 9.79 Å². The number of nitrogens with one attached hydrogen (secondary N) is 2. The minimum absolute atomic E-state index is 0. The molecule has 0 aliphatic carbocycles. The summed E-state index contributed by atoms with van der Waals surface area (Å²) in [6.45, 7) is 4.65. The van der Waals surface area contributed by atoms with Gasteiger partial charge in [0.25, 0.3) is 0 Å². The van der Waals surface area contributed by atoms with Crippen molar-refractivity contribution < 1.29 is 9.21 Å². The van der Waals surface area contributed by atoms with E-state index in [1.807, 2.05) is 37.9 Å². The summed E-state index contributed by atoms with van der Waals surface area (Å²) in [6.07, 6.45) is 1.63. The summed E-state index contributed by atoms with van der Waals surface area (Å²) in [5.41, 5.74) is 0. The molecule has 1 heterocycles. The number of furan rings is 1. The first-order chi connectivity index (χ1) is 9.02. The van der Waals surface area contributed by atoms with E-state index in [4.69, 9.17) is 4.42 Å². The van der Waals surface area contributed by atoms with Gasteiger partial charge in [-0.15, -0.1) is 24.0 Å². The van der Waals surface area contributed by atoms with E-state index in [1.165, 1.54) is 0 Å². The Kier molecular flexibility index (Phi) is 9.02. The molecule has 1 aromatic heterocycles. The Hall–Kier alpha value is -1.25. The number of nitrogens with zero attached hydrogens (tertiary/aromatic N) is 2. The van der Waals surface area contributed by atoms with Gasteiger partial charge in [0.05, 0.1) is 19.4 Å². The van der Waals surface area contributed by atoms with E-state index in [0.717, 1.165) is 5.76 Å². The number of hydrogen-bond donors (Lipinski definition) is 2. The molecule has 0 saturated carbocycles. The first kappa shape index (κ1) is 18.8. The predicted molar refractivity (Wildman–Crippen MR) is 90.2 cm³/mol. The fourth-order valence-electron chi connectivity index (χ4n) is 1.63. The number of halogens is 1. The molecule has 0 radical (unpaired) electrons. The highest BCUT2D eigenvalue weighted by Gasteiger charge is 2.10. The molecule has 114 valence electrons. The first-order valence-corrected chi connectivity index (χ1v) is 6.26. The average Bonchev–Trinajstić information content (AvgIpc) is 2.81. The number of aliphatic imine (C=N–C) groups is 1. The van der Waals surface area contributed by atoms with E-state index in [1.54, 1.807) is 13.3 Å². The van der Waals surface area contributed by atoms with Gasteiger partial charge in [-0.25, -0.2) is 0 Å². The van der Waals surface area contributed by atoms with Crippen molar-refractivity contribution in [3.8, 4) is 0 Å². The Labute approximate surface area is 137 Å². The molecule has 0 spiro atoms. The molecular formula is C13H23IN4O2. The quantitative estimate of drug-likeness (QED) is 0.451. The lowest BCUT2D eigenvalue weighted by Gasteiger charge is -2.21. The number of guanidine groups is 1. The van der Waals surface area contributed by atoms with Crippen molar-refractivity contribution in [3.63, 3.8) is 0 Å². The van der Waals surface area contributed by atoms with Crippen LogP contribution in [0.2, 0.25) is 0 Å². The number of hydrogen-bond acceptors (Lipinski definition) is 3. The fourth-order valence-corrected chi connectivity index (χ4v) is 1.63. The summed E-state index contributed by atoms with van der Waals surface area (Å²) < 4.78 is 5.27. The smallest absolute Gasteiger partial charge is 0.239 e. The van der Waals surface area contributed by atoms with Gasteiger partial charge in [0, 0.05) is 20.1 Å². The van der Waals surface area contributed by atoms with E-state index in [9.17, 15) is 4.79 Å². The molecular weight excluding hydrogens is 371 g/mol. The van der Waals surface area contributed by atoms with Gasteiger partial charge in [-0.1, -0.05) is 0 Å². The van der Waals surface area contributed by atoms with Crippen LogP contribution in [-0.2, 0) is 11.3 Å². The van der Waals surface area contributed by atoms with Crippen molar-refractivity contribution in [1.82, 2.24) is 15.5 Å². The average molecular weight is 394 g/mol. The number of carbonyl (C=O) groups excluding carboxylic acids is 1. The van der Waals surface area contributed by atoms with E-state index in [0.29, 0.717) is 12.5 Å². The van der Waals surface area contributed by atoms with Crippen LogP contribution in [0.3, 0.4) is 0 Å². The second-order valence-electron chi connectivity index (χ2n) is 4.56. The second-order valence-corrected chi connectivity index (χ2v) is 4.56. The molecule has 20 heavy (non-hydrogen) atoms. The predicted octanol–water partition coefficient (Wildman–Crippen LogP) is 1.43. The molecule has 0 atom stereocenters. The van der Waals surface area contributed by atoms with Crippen LogP contribution in [0.4, 0.5) is 0 Å². The molecule has 2 N–H and O–H groups in total. The van der Waals surface area contributed by atoms with Crippen molar-refractivity contribution in [1.29, 1.82) is 0 Å². The van der Waals surface area contributed by atoms with Crippen LogP contribution < -0.4 is 10.6 Å². The van der Waals surface area contributed by atoms with Gasteiger partial charge in [0.15, 0.2) is 5.96 Å². The molecule has 0 fully saturated rings. The topological polar surface area (TPSA) is 69.9 Å². The highest BCUT2D eigenvalue weighted by atomic mass is 127. The Balaban J connectivity index is 0.00000361. The van der Waals surface area contributed by atoms with Crippen molar-refractivity contribution in [2.45, 2.75) is 26.4 Å². The largest absolute Gasteiger partial charge is 0.467 e. The molecule has 1 aromatic rings. The minimum Gasteiger partial charge on any atom is -0.467 e. The van der Waals surface area contributed by atoms with Gasteiger partial charge >= 0.3 is 0 Å². The summed E-state index contributed by atoms with van der Waals surface area (Å²) in [4.78, 5) is 17.6. The molecule has 0 saturated heterocycles. The van der Waals surface area contributed by atoms with Crippen LogP contribution in [0.5, 0.6) is 0 Å². The van der Waals surface area contributed by atoms with E-state index < -0.39 is 0 Å². The standard InChI is InChI=1S/C13H22N4O2.HI/c1-10(2)16-12(18)8-15-13(14-3)17(4)9-11-6-5-7-19-11;/h5-7,10H,8-9H2,1-4H3,(H,14,15)(H,16,18);1H. The summed E-state index contributed by atoms with van der Waals surface area (Å²) in [5.74, 6) is 1.44.